The van der Waals surface area contributed by atoms with Gasteiger partial charge < -0.3 is 5.32 Å². The normalized spacial score (nSPS) is 20.2. The molecule has 3 rings (SSSR count). The first kappa shape index (κ1) is 13.5. The molecule has 1 aliphatic carbocycles. The average molecular weight is 284 g/mol. The van der Waals surface area contributed by atoms with E-state index in [9.17, 15) is 14.9 Å². The fourth-order valence-electron chi connectivity index (χ4n) is 2.66. The number of hydrogen-bond donors (Lipinski definition) is 1. The molecule has 2 atom stereocenters. The van der Waals surface area contributed by atoms with Gasteiger partial charge in [-0.05, 0) is 22.8 Å². The number of nitro groups is 1. The van der Waals surface area contributed by atoms with Gasteiger partial charge in [0.2, 0.25) is 11.9 Å². The van der Waals surface area contributed by atoms with Crippen molar-refractivity contribution in [3.63, 3.8) is 0 Å². The lowest BCUT2D eigenvalue weighted by molar-refractivity contribution is -0.497. The van der Waals surface area contributed by atoms with Crippen LogP contribution in [0.2, 0.25) is 0 Å². The van der Waals surface area contributed by atoms with Crippen LogP contribution in [-0.2, 0) is 11.2 Å². The minimum absolute atomic E-state index is 0.197. The summed E-state index contributed by atoms with van der Waals surface area (Å²) in [5, 5.41) is 15.7. The maximum absolute atomic E-state index is 11.8. The Kier molecular flexibility index (Phi) is 3.56. The number of amides is 1. The Morgan fingerprint density at radius 2 is 2.00 bits per heavy atom. The summed E-state index contributed by atoms with van der Waals surface area (Å²) >= 11 is 0. The van der Waals surface area contributed by atoms with Gasteiger partial charge in [-0.25, -0.2) is 0 Å². The molecule has 0 saturated heterocycles. The van der Waals surface area contributed by atoms with Crippen LogP contribution in [0, 0.1) is 16.0 Å². The molecule has 2 unspecified atom stereocenters. The largest absolute Gasteiger partial charge is 0.355 e. The van der Waals surface area contributed by atoms with Crippen molar-refractivity contribution in [2.24, 2.45) is 5.92 Å². The molecule has 2 aromatic rings. The van der Waals surface area contributed by atoms with Crippen LogP contribution in [0.1, 0.15) is 12.0 Å². The van der Waals surface area contributed by atoms with Crippen molar-refractivity contribution >= 4 is 16.7 Å². The van der Waals surface area contributed by atoms with Crippen LogP contribution < -0.4 is 5.32 Å². The van der Waals surface area contributed by atoms with E-state index in [1.807, 2.05) is 24.3 Å². The molecule has 1 N–H and O–H groups in total. The third kappa shape index (κ3) is 2.86. The lowest BCUT2D eigenvalue weighted by Crippen LogP contribution is -2.29. The van der Waals surface area contributed by atoms with E-state index < -0.39 is 12.0 Å². The highest BCUT2D eigenvalue weighted by Crippen LogP contribution is 2.32. The van der Waals surface area contributed by atoms with E-state index in [2.05, 4.69) is 23.5 Å². The van der Waals surface area contributed by atoms with E-state index in [0.717, 1.165) is 6.42 Å². The quantitative estimate of drug-likeness (QED) is 0.675. The van der Waals surface area contributed by atoms with E-state index in [4.69, 9.17) is 0 Å². The van der Waals surface area contributed by atoms with Crippen molar-refractivity contribution in [1.29, 1.82) is 0 Å². The summed E-state index contributed by atoms with van der Waals surface area (Å²) < 4.78 is 0. The van der Waals surface area contributed by atoms with Gasteiger partial charge in [-0.3, -0.25) is 14.9 Å². The molecule has 1 amide bonds. The summed E-state index contributed by atoms with van der Waals surface area (Å²) in [7, 11) is 0. The number of nitrogens with one attached hydrogen (secondary N) is 1. The molecule has 0 aromatic heterocycles. The lowest BCUT2D eigenvalue weighted by atomic mass is 10.0. The van der Waals surface area contributed by atoms with E-state index >= 15 is 0 Å². The first-order valence-corrected chi connectivity index (χ1v) is 7.04. The van der Waals surface area contributed by atoms with Gasteiger partial charge in [0.1, 0.15) is 5.92 Å². The molecule has 5 nitrogen and oxygen atoms in total. The highest BCUT2D eigenvalue weighted by molar-refractivity contribution is 5.86. The van der Waals surface area contributed by atoms with Crippen LogP contribution >= 0.6 is 0 Å². The van der Waals surface area contributed by atoms with E-state index in [1.165, 1.54) is 16.3 Å². The van der Waals surface area contributed by atoms with Crippen LogP contribution in [0.5, 0.6) is 0 Å². The second-order valence-corrected chi connectivity index (χ2v) is 5.37. The van der Waals surface area contributed by atoms with Crippen molar-refractivity contribution in [3.8, 4) is 0 Å². The van der Waals surface area contributed by atoms with Crippen LogP contribution in [0.4, 0.5) is 0 Å². The summed E-state index contributed by atoms with van der Waals surface area (Å²) in [6, 6.07) is 13.6. The number of fused-ring (bicyclic) bond motifs is 1. The molecule has 0 bridgehead atoms. The molecule has 2 aromatic carbocycles. The summed E-state index contributed by atoms with van der Waals surface area (Å²) in [6.45, 7) is 0.508. The van der Waals surface area contributed by atoms with Gasteiger partial charge in [-0.15, -0.1) is 0 Å². The van der Waals surface area contributed by atoms with Crippen molar-refractivity contribution in [1.82, 2.24) is 5.32 Å². The number of benzene rings is 2. The number of carbonyl (C=O) groups excluding carboxylic acids is 1. The summed E-state index contributed by atoms with van der Waals surface area (Å²) in [4.78, 5) is 21.9. The number of nitrogens with zero attached hydrogens (tertiary/aromatic N) is 1. The zero-order chi connectivity index (χ0) is 14.8. The summed E-state index contributed by atoms with van der Waals surface area (Å²) in [6.07, 6.45) is 1.09. The Balaban J connectivity index is 1.58. The highest BCUT2D eigenvalue weighted by Gasteiger charge is 2.53. The third-order valence-corrected chi connectivity index (χ3v) is 3.94. The van der Waals surface area contributed by atoms with Gasteiger partial charge in [0.05, 0.1) is 0 Å². The molecule has 21 heavy (non-hydrogen) atoms. The minimum Gasteiger partial charge on any atom is -0.355 e. The van der Waals surface area contributed by atoms with Crippen molar-refractivity contribution in [3.05, 3.63) is 58.1 Å². The molecular weight excluding hydrogens is 268 g/mol. The molecule has 0 spiro atoms. The molecule has 0 heterocycles. The molecule has 1 aliphatic rings. The Hall–Kier alpha value is -2.43. The van der Waals surface area contributed by atoms with Crippen molar-refractivity contribution < 1.29 is 9.72 Å². The van der Waals surface area contributed by atoms with Crippen LogP contribution in [0.25, 0.3) is 10.8 Å². The second-order valence-electron chi connectivity index (χ2n) is 5.37. The van der Waals surface area contributed by atoms with Gasteiger partial charge >= 0.3 is 0 Å². The number of hydrogen-bond acceptors (Lipinski definition) is 3. The van der Waals surface area contributed by atoms with Gasteiger partial charge in [-0.2, -0.15) is 0 Å². The topological polar surface area (TPSA) is 72.2 Å². The average Bonchev–Trinajstić information content (AvgIpc) is 3.28. The predicted molar refractivity (Wildman–Crippen MR) is 79.6 cm³/mol. The molecule has 108 valence electrons. The van der Waals surface area contributed by atoms with Crippen molar-refractivity contribution in [2.75, 3.05) is 6.54 Å². The minimum atomic E-state index is -0.678. The maximum Gasteiger partial charge on any atom is 0.230 e. The Labute approximate surface area is 122 Å². The number of carbonyl (C=O) groups is 1. The smallest absolute Gasteiger partial charge is 0.230 e. The maximum atomic E-state index is 11.8. The Morgan fingerprint density at radius 3 is 2.76 bits per heavy atom. The van der Waals surface area contributed by atoms with Crippen LogP contribution in [0.3, 0.4) is 0 Å². The second kappa shape index (κ2) is 5.52. The summed E-state index contributed by atoms with van der Waals surface area (Å²) in [5.41, 5.74) is 1.18. The lowest BCUT2D eigenvalue weighted by Gasteiger charge is -2.07. The molecule has 1 saturated carbocycles. The van der Waals surface area contributed by atoms with Crippen LogP contribution in [-0.4, -0.2) is 23.4 Å². The zero-order valence-electron chi connectivity index (χ0n) is 11.5. The Morgan fingerprint density at radius 1 is 1.24 bits per heavy atom. The first-order valence-electron chi connectivity index (χ1n) is 7.04. The predicted octanol–water partition coefficient (Wildman–Crippen LogP) is 2.16. The fraction of sp³-hybridized carbons (Fsp3) is 0.312. The molecule has 5 heteroatoms. The number of rotatable bonds is 5. The molecule has 0 radical (unpaired) electrons. The van der Waals surface area contributed by atoms with Crippen molar-refractivity contribution in [2.45, 2.75) is 18.9 Å². The van der Waals surface area contributed by atoms with Gasteiger partial charge in [0, 0.05) is 17.9 Å². The molecule has 1 fully saturated rings. The SMILES string of the molecule is O=C(NCCc1cccc2ccccc12)C1CC1[N+](=O)[O-]. The van der Waals surface area contributed by atoms with E-state index in [0.29, 0.717) is 13.0 Å². The van der Waals surface area contributed by atoms with E-state index in [-0.39, 0.29) is 10.8 Å². The first-order chi connectivity index (χ1) is 10.2. The van der Waals surface area contributed by atoms with E-state index in [1.54, 1.807) is 0 Å². The third-order valence-electron chi connectivity index (χ3n) is 3.94. The van der Waals surface area contributed by atoms with Gasteiger partial charge in [-0.1, -0.05) is 42.5 Å². The zero-order valence-corrected chi connectivity index (χ0v) is 11.5. The summed E-state index contributed by atoms with van der Waals surface area (Å²) in [5.74, 6) is -0.635. The van der Waals surface area contributed by atoms with Crippen LogP contribution in [0.15, 0.2) is 42.5 Å². The fourth-order valence-corrected chi connectivity index (χ4v) is 2.66. The van der Waals surface area contributed by atoms with Gasteiger partial charge in [0.15, 0.2) is 0 Å². The molecular formula is C16H16N2O3. The highest BCUT2D eigenvalue weighted by atomic mass is 16.6. The monoisotopic (exact) mass is 284 g/mol. The van der Waals surface area contributed by atoms with Gasteiger partial charge in [0.25, 0.3) is 0 Å². The standard InChI is InChI=1S/C16H16N2O3/c19-16(14-10-15(14)18(20)21)17-9-8-12-6-3-5-11-4-1-2-7-13(11)12/h1-7,14-15H,8-10H2,(H,17,19). The molecule has 0 aliphatic heterocycles. The Bertz CT molecular complexity index is 693.